The van der Waals surface area contributed by atoms with Crippen molar-refractivity contribution in [2.75, 3.05) is 6.54 Å². The quantitative estimate of drug-likeness (QED) is 0.881. The molecule has 0 aromatic carbocycles. The summed E-state index contributed by atoms with van der Waals surface area (Å²) in [6, 6.07) is 3.65. The molecular weight excluding hydrogens is 244 g/mol. The zero-order chi connectivity index (χ0) is 14.0. The van der Waals surface area contributed by atoms with Gasteiger partial charge in [0, 0.05) is 16.8 Å². The zero-order valence-electron chi connectivity index (χ0n) is 11.9. The molecule has 4 heteroatoms. The Labute approximate surface area is 114 Å². The average molecular weight is 268 g/mol. The summed E-state index contributed by atoms with van der Waals surface area (Å²) in [6.07, 6.45) is 0. The van der Waals surface area contributed by atoms with Crippen LogP contribution in [0, 0.1) is 5.41 Å². The van der Waals surface area contributed by atoms with Crippen molar-refractivity contribution < 1.29 is 4.79 Å². The van der Waals surface area contributed by atoms with Crippen molar-refractivity contribution in [1.82, 2.24) is 5.32 Å². The fraction of sp³-hybridized carbons (Fsp3) is 0.643. The van der Waals surface area contributed by atoms with E-state index in [4.69, 9.17) is 5.73 Å². The van der Waals surface area contributed by atoms with Crippen LogP contribution < -0.4 is 11.1 Å². The molecule has 1 atom stereocenters. The van der Waals surface area contributed by atoms with Crippen molar-refractivity contribution in [3.63, 3.8) is 0 Å². The lowest BCUT2D eigenvalue weighted by Crippen LogP contribution is -2.50. The van der Waals surface area contributed by atoms with Gasteiger partial charge in [-0.1, -0.05) is 40.7 Å². The third kappa shape index (κ3) is 3.82. The Kier molecular flexibility index (Phi) is 4.56. The number of carbonyl (C=O) groups is 1. The third-order valence-electron chi connectivity index (χ3n) is 3.11. The lowest BCUT2D eigenvalue weighted by atomic mass is 9.86. The number of amides is 1. The first kappa shape index (κ1) is 15.2. The van der Waals surface area contributed by atoms with E-state index in [1.54, 1.807) is 11.3 Å². The molecule has 0 fully saturated rings. The van der Waals surface area contributed by atoms with Gasteiger partial charge in [0.2, 0.25) is 5.91 Å². The van der Waals surface area contributed by atoms with Gasteiger partial charge in [-0.2, -0.15) is 0 Å². The van der Waals surface area contributed by atoms with Crippen LogP contribution >= 0.6 is 11.3 Å². The highest BCUT2D eigenvalue weighted by molar-refractivity contribution is 7.10. The lowest BCUT2D eigenvalue weighted by molar-refractivity contribution is -0.124. The molecule has 0 saturated heterocycles. The average Bonchev–Trinajstić information content (AvgIpc) is 2.77. The summed E-state index contributed by atoms with van der Waals surface area (Å²) in [5.41, 5.74) is 5.67. The first-order chi connectivity index (χ1) is 8.14. The Morgan fingerprint density at radius 2 is 2.00 bits per heavy atom. The smallest absolute Gasteiger partial charge is 0.237 e. The molecule has 18 heavy (non-hydrogen) atoms. The van der Waals surface area contributed by atoms with E-state index in [9.17, 15) is 4.79 Å². The zero-order valence-corrected chi connectivity index (χ0v) is 12.7. The van der Waals surface area contributed by atoms with Gasteiger partial charge >= 0.3 is 0 Å². The molecule has 1 amide bonds. The van der Waals surface area contributed by atoms with Crippen LogP contribution in [0.2, 0.25) is 0 Å². The third-order valence-corrected chi connectivity index (χ3v) is 4.34. The predicted molar refractivity (Wildman–Crippen MR) is 77.8 cm³/mol. The Bertz CT molecular complexity index is 390. The van der Waals surface area contributed by atoms with Gasteiger partial charge in [-0.25, -0.2) is 0 Å². The molecule has 0 bridgehead atoms. The van der Waals surface area contributed by atoms with Crippen molar-refractivity contribution >= 4 is 17.2 Å². The van der Waals surface area contributed by atoms with Gasteiger partial charge in [0.15, 0.2) is 0 Å². The summed E-state index contributed by atoms with van der Waals surface area (Å²) in [4.78, 5) is 13.2. The number of hydrogen-bond acceptors (Lipinski definition) is 3. The van der Waals surface area contributed by atoms with Crippen LogP contribution in [0.1, 0.15) is 39.5 Å². The van der Waals surface area contributed by atoms with Crippen LogP contribution in [0.3, 0.4) is 0 Å². The van der Waals surface area contributed by atoms with Crippen LogP contribution in [-0.4, -0.2) is 18.5 Å². The van der Waals surface area contributed by atoms with E-state index in [2.05, 4.69) is 30.6 Å². The molecule has 1 unspecified atom stereocenters. The highest BCUT2D eigenvalue weighted by atomic mass is 32.1. The van der Waals surface area contributed by atoms with E-state index >= 15 is 0 Å². The summed E-state index contributed by atoms with van der Waals surface area (Å²) in [5.74, 6) is -0.0767. The maximum absolute atomic E-state index is 12.0. The Balaban J connectivity index is 2.58. The van der Waals surface area contributed by atoms with E-state index in [1.165, 1.54) is 4.88 Å². The second kappa shape index (κ2) is 5.41. The van der Waals surface area contributed by atoms with Crippen LogP contribution in [-0.2, 0) is 10.2 Å². The molecule has 102 valence electrons. The minimum Gasteiger partial charge on any atom is -0.354 e. The molecule has 1 heterocycles. The van der Waals surface area contributed by atoms with E-state index in [1.807, 2.05) is 26.8 Å². The molecule has 1 aromatic heterocycles. The van der Waals surface area contributed by atoms with Crippen molar-refractivity contribution in [3.8, 4) is 0 Å². The van der Waals surface area contributed by atoms with Crippen LogP contribution in [0.15, 0.2) is 17.5 Å². The maximum atomic E-state index is 12.0. The van der Waals surface area contributed by atoms with Crippen molar-refractivity contribution in [2.45, 2.75) is 46.1 Å². The van der Waals surface area contributed by atoms with E-state index < -0.39 is 6.04 Å². The van der Waals surface area contributed by atoms with Gasteiger partial charge < -0.3 is 11.1 Å². The van der Waals surface area contributed by atoms with Gasteiger partial charge in [0.25, 0.3) is 0 Å². The minimum absolute atomic E-state index is 0.0541. The van der Waals surface area contributed by atoms with E-state index in [-0.39, 0.29) is 16.7 Å². The molecular formula is C14H24N2OS. The van der Waals surface area contributed by atoms with Gasteiger partial charge in [-0.3, -0.25) is 4.79 Å². The predicted octanol–water partition coefficient (Wildman–Crippen LogP) is 2.52. The lowest BCUT2D eigenvalue weighted by Gasteiger charge is -2.29. The van der Waals surface area contributed by atoms with Gasteiger partial charge in [-0.15, -0.1) is 11.3 Å². The highest BCUT2D eigenvalue weighted by Gasteiger charge is 2.29. The van der Waals surface area contributed by atoms with Gasteiger partial charge in [0.1, 0.15) is 0 Å². The number of rotatable bonds is 4. The Morgan fingerprint density at radius 3 is 2.44 bits per heavy atom. The molecule has 0 aliphatic heterocycles. The van der Waals surface area contributed by atoms with Crippen LogP contribution in [0.25, 0.3) is 0 Å². The second-order valence-corrected chi connectivity index (χ2v) is 7.37. The second-order valence-electron chi connectivity index (χ2n) is 6.42. The summed E-state index contributed by atoms with van der Waals surface area (Å²) in [5, 5.41) is 5.02. The topological polar surface area (TPSA) is 55.1 Å². The number of thiophene rings is 1. The molecule has 1 aromatic rings. The van der Waals surface area contributed by atoms with Crippen molar-refractivity contribution in [1.29, 1.82) is 0 Å². The highest BCUT2D eigenvalue weighted by Crippen LogP contribution is 2.26. The molecule has 0 saturated carbocycles. The number of nitrogens with one attached hydrogen (secondary N) is 1. The molecule has 0 radical (unpaired) electrons. The van der Waals surface area contributed by atoms with Crippen LogP contribution in [0.5, 0.6) is 0 Å². The Morgan fingerprint density at radius 1 is 1.39 bits per heavy atom. The first-order valence-corrected chi connectivity index (χ1v) is 7.10. The Hall–Kier alpha value is -0.870. The number of hydrogen-bond donors (Lipinski definition) is 2. The van der Waals surface area contributed by atoms with Crippen molar-refractivity contribution in [3.05, 3.63) is 22.4 Å². The van der Waals surface area contributed by atoms with Gasteiger partial charge in [-0.05, 0) is 16.9 Å². The number of carbonyl (C=O) groups excluding carboxylic acids is 1. The summed E-state index contributed by atoms with van der Waals surface area (Å²) in [7, 11) is 0. The van der Waals surface area contributed by atoms with E-state index in [0.717, 1.165) is 0 Å². The largest absolute Gasteiger partial charge is 0.354 e. The summed E-state index contributed by atoms with van der Waals surface area (Å²) in [6.45, 7) is 10.8. The molecule has 0 aliphatic rings. The minimum atomic E-state index is -0.475. The monoisotopic (exact) mass is 268 g/mol. The molecule has 0 spiro atoms. The first-order valence-electron chi connectivity index (χ1n) is 6.22. The molecule has 0 aliphatic carbocycles. The molecule has 1 rings (SSSR count). The fourth-order valence-electron chi connectivity index (χ4n) is 1.56. The standard InChI is InChI=1S/C14H24N2OS/c1-13(2,3)11(15)12(17)16-9-14(4,5)10-7-6-8-18-10/h6-8,11H,9,15H2,1-5H3,(H,16,17). The maximum Gasteiger partial charge on any atom is 0.237 e. The summed E-state index contributed by atoms with van der Waals surface area (Å²) < 4.78 is 0. The van der Waals surface area contributed by atoms with Crippen LogP contribution in [0.4, 0.5) is 0 Å². The normalized spacial score (nSPS) is 14.3. The van der Waals surface area contributed by atoms with Crippen molar-refractivity contribution in [2.24, 2.45) is 11.1 Å². The molecule has 3 nitrogen and oxygen atoms in total. The van der Waals surface area contributed by atoms with Gasteiger partial charge in [0.05, 0.1) is 6.04 Å². The summed E-state index contributed by atoms with van der Waals surface area (Å²) >= 11 is 1.71. The van der Waals surface area contributed by atoms with E-state index in [0.29, 0.717) is 6.54 Å². The molecule has 3 N–H and O–H groups in total. The fourth-order valence-corrected chi connectivity index (χ4v) is 2.41. The number of nitrogens with two attached hydrogens (primary N) is 1. The SMILES string of the molecule is CC(C)(CNC(=O)C(N)C(C)(C)C)c1cccs1.